The van der Waals surface area contributed by atoms with Gasteiger partial charge in [-0.1, -0.05) is 34.1 Å². The van der Waals surface area contributed by atoms with E-state index in [1.165, 1.54) is 95.6 Å². The largest absolute Gasteiger partial charge is 0.479 e. The minimum Gasteiger partial charge on any atom is -0.479 e. The van der Waals surface area contributed by atoms with Gasteiger partial charge in [-0.15, -0.1) is 0 Å². The quantitative estimate of drug-likeness (QED) is 0.0547. The lowest BCUT2D eigenvalue weighted by molar-refractivity contribution is -0.119. The number of anilines is 3. The van der Waals surface area contributed by atoms with E-state index < -0.39 is 110 Å². The zero-order valence-corrected chi connectivity index (χ0v) is 60.3. The molecule has 6 aliphatic heterocycles. The van der Waals surface area contributed by atoms with E-state index >= 15 is 0 Å². The number of fused-ring (bicyclic) bond motifs is 3. The number of aliphatic hydroxyl groups excluding tert-OH is 3. The van der Waals surface area contributed by atoms with Crippen molar-refractivity contribution < 1.29 is 101 Å². The Morgan fingerprint density at radius 3 is 0.990 bits per heavy atom. The molecule has 0 spiro atoms. The molecule has 0 amide bonds. The van der Waals surface area contributed by atoms with Crippen LogP contribution in [0.2, 0.25) is 0 Å². The van der Waals surface area contributed by atoms with Crippen LogP contribution in [-0.4, -0.2) is 237 Å². The molecule has 6 saturated heterocycles. The number of aromatic nitrogens is 12. The van der Waals surface area contributed by atoms with E-state index in [4.69, 9.17) is 59.2 Å². The standard InChI is InChI=1S/3C18H27N6O7PS/c3*1-9(25)10-5-4-6-33-32(28,23-10)30-7-11-13(26)18(2,27)16(31-11)24-8-20-12-14(24)21-17(19)22-15(12)29-3/h3*8,10-11,13,16,26-27H,4-7H2,1-3H3,(H,23,28)(H2,19,21,22)/t10?,11-,13-,16-,18-,32?;10-,11-,13-,16-,18-,32?;10-,11-,13-,16-,18-,32+/m111/s1. The van der Waals surface area contributed by atoms with Crippen LogP contribution < -0.4 is 46.7 Å². The molecule has 12 heterocycles. The van der Waals surface area contributed by atoms with Crippen LogP contribution in [0.4, 0.5) is 17.8 Å². The normalized spacial score (nSPS) is 34.9. The average molecular weight is 1510 g/mol. The topological polar surface area (TPSA) is 552 Å². The Kier molecular flexibility index (Phi) is 23.5. The van der Waals surface area contributed by atoms with E-state index in [0.717, 1.165) is 53.4 Å². The molecule has 0 aromatic carbocycles. The minimum atomic E-state index is -3.42. The van der Waals surface area contributed by atoms with Crippen molar-refractivity contribution in [2.24, 2.45) is 0 Å². The highest BCUT2D eigenvalue weighted by atomic mass is 32.7. The fourth-order valence-corrected chi connectivity index (χ4v) is 23.5. The maximum atomic E-state index is 13.2. The first-order valence-corrected chi connectivity index (χ1v) is 40.6. The number of hydrogen-bond donors (Lipinski definition) is 12. The van der Waals surface area contributed by atoms with Crippen LogP contribution in [0.15, 0.2) is 19.0 Å². The Morgan fingerprint density at radius 2 is 0.758 bits per heavy atom. The Bertz CT molecular complexity index is 3700. The number of ether oxygens (including phenoxy) is 6. The Morgan fingerprint density at radius 1 is 0.505 bits per heavy atom. The van der Waals surface area contributed by atoms with Gasteiger partial charge in [-0.2, -0.15) is 29.9 Å². The summed E-state index contributed by atoms with van der Waals surface area (Å²) in [5, 5.41) is 74.0. The van der Waals surface area contributed by atoms with Gasteiger partial charge in [-0.25, -0.2) is 30.2 Å². The van der Waals surface area contributed by atoms with Gasteiger partial charge in [0, 0.05) is 17.3 Å². The summed E-state index contributed by atoms with van der Waals surface area (Å²) in [5.41, 5.74) is 13.6. The summed E-state index contributed by atoms with van der Waals surface area (Å²) >= 11 is 3.33. The smallest absolute Gasteiger partial charge is 0.327 e. The van der Waals surface area contributed by atoms with Crippen molar-refractivity contribution in [1.29, 1.82) is 0 Å². The number of aliphatic hydroxyl groups is 6. The number of Topliss-reactive ketones (excluding diaryl/α,β-unsaturated/α-hetero) is 3. The van der Waals surface area contributed by atoms with Crippen LogP contribution in [0.3, 0.4) is 0 Å². The number of imidazole rings is 3. The van der Waals surface area contributed by atoms with Crippen LogP contribution in [0, 0.1) is 0 Å². The van der Waals surface area contributed by atoms with Crippen molar-refractivity contribution in [2.75, 3.05) is 75.6 Å². The first kappa shape index (κ1) is 76.2. The summed E-state index contributed by atoms with van der Waals surface area (Å²) < 4.78 is 94.2. The SMILES string of the molecule is COc1nc(N)nc2c1ncn2[C@@H]1O[C@H](COP2(=O)NC(C(C)=O)CCCS2)[C@@H](O)[C@@]1(C)O.COc1nc(N)nc2c1ncn2[C@@H]1O[C@H](COP2(=O)N[C@@H](C(C)=O)CCCS2)[C@@H](O)[C@@]1(C)O.COc1nc(N)nc2c1ncn2[C@@H]1O[C@H](CO[P@@]2(=O)N[C@@H](C(C)=O)CCCS2)[C@@H](O)[C@@]1(C)O. The second-order valence-corrected chi connectivity index (χ2v) is 37.7. The minimum absolute atomic E-state index is 0.0613. The number of ketones is 3. The van der Waals surface area contributed by atoms with Crippen molar-refractivity contribution in [3.8, 4) is 17.6 Å². The molecule has 12 rings (SSSR count). The third kappa shape index (κ3) is 16.2. The first-order valence-electron chi connectivity index (χ1n) is 31.0. The number of hydrogen-bond acceptors (Lipinski definition) is 36. The zero-order valence-electron chi connectivity index (χ0n) is 55.1. The Labute approximate surface area is 577 Å². The zero-order chi connectivity index (χ0) is 71.9. The Balaban J connectivity index is 0.000000161. The molecule has 18 atom stereocenters. The number of methoxy groups -OCH3 is 3. The lowest BCUT2D eigenvalue weighted by Crippen LogP contribution is -2.44. The molecular formula is C54H81N18O21P3S3. The predicted molar refractivity (Wildman–Crippen MR) is 359 cm³/mol. The molecule has 6 aliphatic rings. The van der Waals surface area contributed by atoms with Gasteiger partial charge < -0.3 is 89.8 Å². The summed E-state index contributed by atoms with van der Waals surface area (Å²) in [6.07, 6.45) is -2.54. The van der Waals surface area contributed by atoms with Gasteiger partial charge in [0.25, 0.3) is 0 Å². The van der Waals surface area contributed by atoms with E-state index in [9.17, 15) is 58.7 Å². The fourth-order valence-electron chi connectivity index (χ4n) is 11.7. The highest BCUT2D eigenvalue weighted by Gasteiger charge is 2.57. The van der Waals surface area contributed by atoms with Crippen molar-refractivity contribution >= 4 is 123 Å². The maximum absolute atomic E-state index is 13.2. The molecule has 0 saturated carbocycles. The van der Waals surface area contributed by atoms with Crippen LogP contribution >= 0.6 is 54.3 Å². The molecule has 6 aromatic rings. The van der Waals surface area contributed by atoms with E-state index in [0.29, 0.717) is 53.1 Å². The summed E-state index contributed by atoms with van der Waals surface area (Å²) in [7, 11) is 4.24. The molecule has 546 valence electrons. The Hall–Kier alpha value is -5.40. The molecule has 99 heavy (non-hydrogen) atoms. The number of rotatable bonds is 18. The summed E-state index contributed by atoms with van der Waals surface area (Å²) in [4.78, 5) is 72.5. The maximum Gasteiger partial charge on any atom is 0.327 e. The second kappa shape index (κ2) is 30.5. The van der Waals surface area contributed by atoms with Gasteiger partial charge in [0.2, 0.25) is 35.5 Å². The van der Waals surface area contributed by atoms with Crippen LogP contribution in [-0.2, 0) is 55.9 Å². The van der Waals surface area contributed by atoms with Crippen LogP contribution in [0.1, 0.15) is 98.8 Å². The van der Waals surface area contributed by atoms with Gasteiger partial charge >= 0.3 is 20.2 Å². The number of nitrogen functional groups attached to an aromatic ring is 3. The molecule has 15 N–H and O–H groups in total. The van der Waals surface area contributed by atoms with Crippen molar-refractivity contribution in [3.05, 3.63) is 19.0 Å². The van der Waals surface area contributed by atoms with Gasteiger partial charge in [0.15, 0.2) is 52.2 Å². The summed E-state index contributed by atoms with van der Waals surface area (Å²) in [5.74, 6) is 1.61. The van der Waals surface area contributed by atoms with Gasteiger partial charge in [-0.05, 0) is 80.1 Å². The number of nitrogens with two attached hydrogens (primary N) is 3. The fraction of sp³-hybridized carbons (Fsp3) is 0.667. The second-order valence-electron chi connectivity index (χ2n) is 24.5. The van der Waals surface area contributed by atoms with Crippen molar-refractivity contribution in [1.82, 2.24) is 73.8 Å². The number of nitrogens with one attached hydrogen (secondary N) is 3. The lowest BCUT2D eigenvalue weighted by Gasteiger charge is -2.27. The third-order valence-corrected chi connectivity index (χ3v) is 29.5. The molecular weight excluding hydrogens is 1430 g/mol. The number of carbonyl (C=O) groups is 3. The summed E-state index contributed by atoms with van der Waals surface area (Å²) in [6.45, 7) is -2.58. The molecule has 45 heteroatoms. The number of nitrogens with zero attached hydrogens (tertiary/aromatic N) is 12. The molecule has 6 aromatic heterocycles. The lowest BCUT2D eigenvalue weighted by atomic mass is 9.96. The molecule has 39 nitrogen and oxygen atoms in total. The highest BCUT2D eigenvalue weighted by molar-refractivity contribution is 8.56. The summed E-state index contributed by atoms with van der Waals surface area (Å²) in [6, 6.07) is -1.68. The van der Waals surface area contributed by atoms with Crippen molar-refractivity contribution in [3.63, 3.8) is 0 Å². The highest BCUT2D eigenvalue weighted by Crippen LogP contribution is 2.61. The predicted octanol–water partition coefficient (Wildman–Crippen LogP) is 1.88. The van der Waals surface area contributed by atoms with Crippen LogP contribution in [0.5, 0.6) is 17.6 Å². The van der Waals surface area contributed by atoms with Gasteiger partial charge in [0.05, 0.1) is 78.3 Å². The third-order valence-electron chi connectivity index (χ3n) is 17.2. The van der Waals surface area contributed by atoms with E-state index in [1.807, 2.05) is 0 Å². The molecule has 6 fully saturated rings. The van der Waals surface area contributed by atoms with Gasteiger partial charge in [-0.3, -0.25) is 41.8 Å². The number of carbonyl (C=O) groups excluding carboxylic acids is 3. The van der Waals surface area contributed by atoms with Gasteiger partial charge in [0.1, 0.15) is 70.8 Å². The monoisotopic (exact) mass is 1510 g/mol. The molecule has 3 unspecified atom stereocenters. The average Bonchev–Trinajstić information content (AvgIpc) is 1.61. The van der Waals surface area contributed by atoms with Crippen LogP contribution in [0.25, 0.3) is 33.5 Å². The first-order chi connectivity index (χ1) is 46.7. The molecule has 0 aliphatic carbocycles. The van der Waals surface area contributed by atoms with E-state index in [2.05, 4.69) is 60.1 Å². The molecule has 0 radical (unpaired) electrons. The van der Waals surface area contributed by atoms with Crippen molar-refractivity contribution in [2.45, 2.75) is 170 Å². The van der Waals surface area contributed by atoms with E-state index in [-0.39, 0.29) is 89.6 Å². The molecule has 0 bridgehead atoms. The van der Waals surface area contributed by atoms with E-state index in [1.54, 1.807) is 0 Å².